The van der Waals surface area contributed by atoms with Crippen molar-refractivity contribution >= 4 is 11.9 Å². The molecule has 0 aliphatic carbocycles. The van der Waals surface area contributed by atoms with Crippen LogP contribution in [0.1, 0.15) is 22.8 Å². The predicted molar refractivity (Wildman–Crippen MR) is 138 cm³/mol. The predicted octanol–water partition coefficient (Wildman–Crippen LogP) is 4.20. The van der Waals surface area contributed by atoms with Gasteiger partial charge in [0, 0.05) is 38.3 Å². The summed E-state index contributed by atoms with van der Waals surface area (Å²) in [6.07, 6.45) is 1.52. The van der Waals surface area contributed by atoms with E-state index in [4.69, 9.17) is 14.2 Å². The van der Waals surface area contributed by atoms with Crippen molar-refractivity contribution in [1.82, 2.24) is 9.80 Å². The SMILES string of the molecule is O=C1C=CC(=O)OC2(CN(Cc3ccccc3)CCN2CCOC(c2ccc(F)cc2)c2ccc(F)cc2)O1. The third-order valence-electron chi connectivity index (χ3n) is 6.71. The summed E-state index contributed by atoms with van der Waals surface area (Å²) in [6.45, 7) is 2.24. The summed E-state index contributed by atoms with van der Waals surface area (Å²) in [4.78, 5) is 28.7. The van der Waals surface area contributed by atoms with Gasteiger partial charge in [0.15, 0.2) is 0 Å². The molecule has 0 unspecified atom stereocenters. The van der Waals surface area contributed by atoms with Crippen LogP contribution >= 0.6 is 0 Å². The van der Waals surface area contributed by atoms with Crippen LogP contribution in [0.4, 0.5) is 8.78 Å². The molecule has 1 fully saturated rings. The minimum Gasteiger partial charge on any atom is -0.404 e. The molecular formula is C30H28F2N2O5. The summed E-state index contributed by atoms with van der Waals surface area (Å²) in [5.74, 6) is -3.74. The molecule has 2 aliphatic rings. The molecule has 202 valence electrons. The summed E-state index contributed by atoms with van der Waals surface area (Å²) in [5, 5.41) is 0. The van der Waals surface area contributed by atoms with Gasteiger partial charge in [-0.1, -0.05) is 54.6 Å². The van der Waals surface area contributed by atoms with Crippen LogP contribution in [0.5, 0.6) is 0 Å². The highest BCUT2D eigenvalue weighted by atomic mass is 19.1. The summed E-state index contributed by atoms with van der Waals surface area (Å²) in [5.41, 5.74) is 2.47. The zero-order valence-corrected chi connectivity index (χ0v) is 21.2. The summed E-state index contributed by atoms with van der Waals surface area (Å²) in [6, 6.07) is 21.7. The van der Waals surface area contributed by atoms with Gasteiger partial charge in [-0.25, -0.2) is 23.3 Å². The zero-order valence-electron chi connectivity index (χ0n) is 21.2. The molecular weight excluding hydrogens is 506 g/mol. The van der Waals surface area contributed by atoms with Crippen molar-refractivity contribution in [2.45, 2.75) is 18.6 Å². The Morgan fingerprint density at radius 1 is 0.795 bits per heavy atom. The number of nitrogens with zero attached hydrogens (tertiary/aromatic N) is 2. The highest BCUT2D eigenvalue weighted by molar-refractivity contribution is 5.93. The number of rotatable bonds is 8. The maximum atomic E-state index is 13.6. The van der Waals surface area contributed by atoms with Crippen molar-refractivity contribution < 1.29 is 32.6 Å². The second-order valence-corrected chi connectivity index (χ2v) is 9.43. The third-order valence-corrected chi connectivity index (χ3v) is 6.71. The molecule has 0 N–H and O–H groups in total. The van der Waals surface area contributed by atoms with E-state index < -0.39 is 24.0 Å². The number of carbonyl (C=O) groups is 2. The first-order chi connectivity index (χ1) is 18.9. The van der Waals surface area contributed by atoms with Crippen LogP contribution in [0.3, 0.4) is 0 Å². The first-order valence-electron chi connectivity index (χ1n) is 12.7. The zero-order chi connectivity index (χ0) is 27.2. The molecule has 3 aromatic rings. The molecule has 2 heterocycles. The first-order valence-corrected chi connectivity index (χ1v) is 12.7. The summed E-state index contributed by atoms with van der Waals surface area (Å²) >= 11 is 0. The molecule has 1 spiro atoms. The molecule has 1 saturated heterocycles. The lowest BCUT2D eigenvalue weighted by Gasteiger charge is -2.47. The normalized spacial score (nSPS) is 17.7. The molecule has 3 aromatic carbocycles. The summed E-state index contributed by atoms with van der Waals surface area (Å²) in [7, 11) is 0. The van der Waals surface area contributed by atoms with Crippen molar-refractivity contribution in [3.05, 3.63) is 119 Å². The maximum absolute atomic E-state index is 13.6. The number of ether oxygens (including phenoxy) is 3. The van der Waals surface area contributed by atoms with E-state index in [9.17, 15) is 18.4 Å². The van der Waals surface area contributed by atoms with Gasteiger partial charge in [0.2, 0.25) is 0 Å². The molecule has 9 heteroatoms. The standard InChI is InChI=1S/C30H28F2N2O5/c31-25-10-6-23(7-11-25)29(24-8-12-26(32)13-9-24)37-19-18-34-17-16-33(20-22-4-2-1-3-5-22)21-30(34)38-27(35)14-15-28(36)39-30/h1-15,29H,16-21H2. The van der Waals surface area contributed by atoms with Crippen molar-refractivity contribution in [3.8, 4) is 0 Å². The smallest absolute Gasteiger partial charge is 0.335 e. The van der Waals surface area contributed by atoms with E-state index in [1.807, 2.05) is 30.3 Å². The molecule has 0 radical (unpaired) electrons. The van der Waals surface area contributed by atoms with Gasteiger partial charge in [0.1, 0.15) is 17.7 Å². The Morgan fingerprint density at radius 2 is 1.36 bits per heavy atom. The molecule has 7 nitrogen and oxygen atoms in total. The van der Waals surface area contributed by atoms with Crippen molar-refractivity contribution in [1.29, 1.82) is 0 Å². The topological polar surface area (TPSA) is 68.3 Å². The second kappa shape index (κ2) is 11.9. The van der Waals surface area contributed by atoms with E-state index in [2.05, 4.69) is 4.90 Å². The molecule has 2 aliphatic heterocycles. The van der Waals surface area contributed by atoms with Crippen molar-refractivity contribution in [2.24, 2.45) is 0 Å². The van der Waals surface area contributed by atoms with E-state index in [1.165, 1.54) is 24.3 Å². The van der Waals surface area contributed by atoms with Crippen LogP contribution in [0.25, 0.3) is 0 Å². The third kappa shape index (κ3) is 6.57. The molecule has 0 saturated carbocycles. The molecule has 39 heavy (non-hydrogen) atoms. The van der Waals surface area contributed by atoms with Crippen molar-refractivity contribution in [2.75, 3.05) is 32.8 Å². The quantitative estimate of drug-likeness (QED) is 0.402. The van der Waals surface area contributed by atoms with E-state index >= 15 is 0 Å². The number of esters is 2. The fraction of sp³-hybridized carbons (Fsp3) is 0.267. The fourth-order valence-electron chi connectivity index (χ4n) is 4.83. The molecule has 0 atom stereocenters. The lowest BCUT2D eigenvalue weighted by atomic mass is 10.0. The van der Waals surface area contributed by atoms with E-state index in [1.54, 1.807) is 29.2 Å². The molecule has 0 aromatic heterocycles. The number of piperazine rings is 1. The van der Waals surface area contributed by atoms with E-state index in [0.717, 1.165) is 17.7 Å². The number of carbonyl (C=O) groups excluding carboxylic acids is 2. The van der Waals surface area contributed by atoms with Crippen LogP contribution in [-0.4, -0.2) is 60.4 Å². The first kappa shape index (κ1) is 26.7. The molecule has 0 bridgehead atoms. The van der Waals surface area contributed by atoms with Crippen LogP contribution in [0.15, 0.2) is 91.0 Å². The fourth-order valence-corrected chi connectivity index (χ4v) is 4.83. The Morgan fingerprint density at radius 3 is 1.92 bits per heavy atom. The highest BCUT2D eigenvalue weighted by Crippen LogP contribution is 2.30. The van der Waals surface area contributed by atoms with Gasteiger partial charge in [0.25, 0.3) is 0 Å². The van der Waals surface area contributed by atoms with Crippen LogP contribution in [0.2, 0.25) is 0 Å². The average molecular weight is 535 g/mol. The van der Waals surface area contributed by atoms with E-state index in [0.29, 0.717) is 30.8 Å². The second-order valence-electron chi connectivity index (χ2n) is 9.43. The lowest BCUT2D eigenvalue weighted by molar-refractivity contribution is -0.302. The number of hydrogen-bond donors (Lipinski definition) is 0. The Balaban J connectivity index is 1.33. The Kier molecular flexibility index (Phi) is 8.11. The van der Waals surface area contributed by atoms with E-state index in [-0.39, 0.29) is 31.3 Å². The van der Waals surface area contributed by atoms with Crippen LogP contribution < -0.4 is 0 Å². The lowest BCUT2D eigenvalue weighted by Crippen LogP contribution is -2.66. The highest BCUT2D eigenvalue weighted by Gasteiger charge is 2.49. The van der Waals surface area contributed by atoms with Gasteiger partial charge >= 0.3 is 17.8 Å². The minimum absolute atomic E-state index is 0.153. The van der Waals surface area contributed by atoms with Crippen molar-refractivity contribution in [3.63, 3.8) is 0 Å². The summed E-state index contributed by atoms with van der Waals surface area (Å²) < 4.78 is 44.8. The van der Waals surface area contributed by atoms with Gasteiger partial charge in [-0.05, 0) is 41.0 Å². The number of halogens is 2. The number of hydrogen-bond acceptors (Lipinski definition) is 7. The van der Waals surface area contributed by atoms with Crippen LogP contribution in [0, 0.1) is 11.6 Å². The molecule has 0 amide bonds. The Bertz CT molecular complexity index is 1250. The largest absolute Gasteiger partial charge is 0.404 e. The van der Waals surface area contributed by atoms with Gasteiger partial charge in [-0.15, -0.1) is 0 Å². The van der Waals surface area contributed by atoms with Crippen LogP contribution in [-0.2, 0) is 30.3 Å². The maximum Gasteiger partial charge on any atom is 0.335 e. The average Bonchev–Trinajstić information content (AvgIpc) is 3.07. The molecule has 5 rings (SSSR count). The minimum atomic E-state index is -1.63. The van der Waals surface area contributed by atoms with Gasteiger partial charge in [-0.2, -0.15) is 0 Å². The van der Waals surface area contributed by atoms with Gasteiger partial charge < -0.3 is 14.2 Å². The Labute approximate surface area is 225 Å². The van der Waals surface area contributed by atoms with Gasteiger partial charge in [-0.3, -0.25) is 4.90 Å². The number of benzene rings is 3. The van der Waals surface area contributed by atoms with Gasteiger partial charge in [0.05, 0.1) is 13.2 Å². The monoisotopic (exact) mass is 534 g/mol. The Hall–Kier alpha value is -3.92.